The molecule has 39 heavy (non-hydrogen) atoms. The van der Waals surface area contributed by atoms with Gasteiger partial charge in [-0.05, 0) is 65.4 Å². The lowest BCUT2D eigenvalue weighted by molar-refractivity contribution is -0.138. The van der Waals surface area contributed by atoms with Crippen molar-refractivity contribution in [3.8, 4) is 16.9 Å². The standard InChI is InChI=1S/C31H32F3NO4/c32-31(33,34)26-8-4-7-25(20-26)22-9-11-23(12-10-22)28(19-21-5-2-1-3-6-21)39-27-15-13-24(14-16-27)30(38)35-18-17-29(36)37/h4,7-16,20-21,28H,1-3,5-6,17-19H2,(H,35,38)(H,36,37). The first kappa shape index (κ1) is 28.2. The zero-order chi connectivity index (χ0) is 27.8. The minimum absolute atomic E-state index is 0.0480. The summed E-state index contributed by atoms with van der Waals surface area (Å²) in [6, 6.07) is 19.5. The van der Waals surface area contributed by atoms with Crippen LogP contribution in [0.4, 0.5) is 13.2 Å². The summed E-state index contributed by atoms with van der Waals surface area (Å²) in [6.45, 7) is 0.0480. The molecule has 3 aromatic carbocycles. The lowest BCUT2D eigenvalue weighted by Gasteiger charge is -2.27. The van der Waals surface area contributed by atoms with E-state index in [0.29, 0.717) is 28.4 Å². The molecule has 1 fully saturated rings. The summed E-state index contributed by atoms with van der Waals surface area (Å²) in [5, 5.41) is 11.3. The molecule has 0 aliphatic heterocycles. The molecule has 1 aliphatic carbocycles. The van der Waals surface area contributed by atoms with Crippen molar-refractivity contribution >= 4 is 11.9 Å². The molecular formula is C31H32F3NO4. The molecule has 0 bridgehead atoms. The maximum atomic E-state index is 13.2. The van der Waals surface area contributed by atoms with Gasteiger partial charge in [0.25, 0.3) is 5.91 Å². The molecule has 3 aromatic rings. The number of carboxylic acid groups (broad SMARTS) is 1. The molecule has 206 valence electrons. The predicted octanol–water partition coefficient (Wildman–Crippen LogP) is 7.67. The third-order valence-corrected chi connectivity index (χ3v) is 7.10. The molecule has 0 radical (unpaired) electrons. The van der Waals surface area contributed by atoms with Crippen molar-refractivity contribution in [2.45, 2.75) is 57.2 Å². The summed E-state index contributed by atoms with van der Waals surface area (Å²) >= 11 is 0. The summed E-state index contributed by atoms with van der Waals surface area (Å²) in [4.78, 5) is 22.9. The monoisotopic (exact) mass is 539 g/mol. The highest BCUT2D eigenvalue weighted by atomic mass is 19.4. The summed E-state index contributed by atoms with van der Waals surface area (Å²) in [6.07, 6.45) is 1.92. The Labute approximate surface area is 226 Å². The van der Waals surface area contributed by atoms with E-state index in [1.54, 1.807) is 30.3 Å². The lowest BCUT2D eigenvalue weighted by atomic mass is 9.84. The van der Waals surface area contributed by atoms with Crippen LogP contribution in [0, 0.1) is 5.92 Å². The van der Waals surface area contributed by atoms with E-state index in [4.69, 9.17) is 9.84 Å². The van der Waals surface area contributed by atoms with Gasteiger partial charge >= 0.3 is 12.1 Å². The van der Waals surface area contributed by atoms with Crippen LogP contribution in [0.3, 0.4) is 0 Å². The maximum absolute atomic E-state index is 13.2. The van der Waals surface area contributed by atoms with Crippen LogP contribution in [0.25, 0.3) is 11.1 Å². The summed E-state index contributed by atoms with van der Waals surface area (Å²) in [5.41, 5.74) is 1.85. The van der Waals surface area contributed by atoms with Crippen LogP contribution in [0.15, 0.2) is 72.8 Å². The number of hydrogen-bond acceptors (Lipinski definition) is 3. The zero-order valence-corrected chi connectivity index (χ0v) is 21.5. The molecule has 0 saturated heterocycles. The molecule has 1 atom stereocenters. The maximum Gasteiger partial charge on any atom is 0.416 e. The number of alkyl halides is 3. The Balaban J connectivity index is 1.50. The van der Waals surface area contributed by atoms with E-state index in [1.165, 1.54) is 25.3 Å². The Morgan fingerprint density at radius 1 is 0.923 bits per heavy atom. The van der Waals surface area contributed by atoms with Crippen molar-refractivity contribution in [2.24, 2.45) is 5.92 Å². The number of nitrogens with one attached hydrogen (secondary N) is 1. The van der Waals surface area contributed by atoms with Gasteiger partial charge < -0.3 is 15.2 Å². The number of rotatable bonds is 10. The quantitative estimate of drug-likeness (QED) is 0.277. The van der Waals surface area contributed by atoms with Crippen molar-refractivity contribution in [1.82, 2.24) is 5.32 Å². The van der Waals surface area contributed by atoms with Gasteiger partial charge in [-0.1, -0.05) is 68.5 Å². The largest absolute Gasteiger partial charge is 0.486 e. The molecule has 0 aromatic heterocycles. The molecule has 5 nitrogen and oxygen atoms in total. The van der Waals surface area contributed by atoms with Crippen molar-refractivity contribution in [1.29, 1.82) is 0 Å². The SMILES string of the molecule is O=C(O)CCNC(=O)c1ccc(OC(CC2CCCCC2)c2ccc(-c3cccc(C(F)(F)F)c3)cc2)cc1. The Kier molecular flexibility index (Phi) is 9.28. The Bertz CT molecular complexity index is 1250. The second-order valence-corrected chi connectivity index (χ2v) is 9.97. The average molecular weight is 540 g/mol. The molecule has 4 rings (SSSR count). The fourth-order valence-electron chi connectivity index (χ4n) is 4.98. The van der Waals surface area contributed by atoms with E-state index in [1.807, 2.05) is 24.3 Å². The van der Waals surface area contributed by atoms with Gasteiger partial charge in [-0.15, -0.1) is 0 Å². The first-order valence-corrected chi connectivity index (χ1v) is 13.2. The van der Waals surface area contributed by atoms with Crippen LogP contribution >= 0.6 is 0 Å². The molecule has 0 spiro atoms. The number of carbonyl (C=O) groups is 2. The second-order valence-electron chi connectivity index (χ2n) is 9.97. The van der Waals surface area contributed by atoms with Gasteiger partial charge in [0.2, 0.25) is 0 Å². The van der Waals surface area contributed by atoms with E-state index < -0.39 is 17.7 Å². The van der Waals surface area contributed by atoms with E-state index in [2.05, 4.69) is 5.32 Å². The topological polar surface area (TPSA) is 75.6 Å². The highest BCUT2D eigenvalue weighted by Gasteiger charge is 2.30. The smallest absolute Gasteiger partial charge is 0.416 e. The van der Waals surface area contributed by atoms with E-state index in [0.717, 1.165) is 37.0 Å². The fraction of sp³-hybridized carbons (Fsp3) is 0.355. The van der Waals surface area contributed by atoms with E-state index >= 15 is 0 Å². The van der Waals surface area contributed by atoms with Gasteiger partial charge in [-0.2, -0.15) is 13.2 Å². The van der Waals surface area contributed by atoms with Crippen LogP contribution < -0.4 is 10.1 Å². The normalized spacial score (nSPS) is 14.9. The number of halogens is 3. The molecule has 1 unspecified atom stereocenters. The van der Waals surface area contributed by atoms with Gasteiger partial charge in [-0.25, -0.2) is 0 Å². The number of ether oxygens (including phenoxy) is 1. The third-order valence-electron chi connectivity index (χ3n) is 7.10. The zero-order valence-electron chi connectivity index (χ0n) is 21.5. The summed E-state index contributed by atoms with van der Waals surface area (Å²) in [5.74, 6) is -0.219. The first-order valence-electron chi connectivity index (χ1n) is 13.2. The van der Waals surface area contributed by atoms with Crippen LogP contribution in [0.5, 0.6) is 5.75 Å². The minimum atomic E-state index is -4.40. The Hall–Kier alpha value is -3.81. The van der Waals surface area contributed by atoms with Crippen molar-refractivity contribution in [3.05, 3.63) is 89.5 Å². The number of carboxylic acids is 1. The Morgan fingerprint density at radius 2 is 1.62 bits per heavy atom. The van der Waals surface area contributed by atoms with Gasteiger partial charge in [0.15, 0.2) is 0 Å². The number of benzene rings is 3. The van der Waals surface area contributed by atoms with Gasteiger partial charge in [-0.3, -0.25) is 9.59 Å². The van der Waals surface area contributed by atoms with Crippen LogP contribution in [-0.2, 0) is 11.0 Å². The summed E-state index contributed by atoms with van der Waals surface area (Å²) in [7, 11) is 0. The molecule has 0 heterocycles. The van der Waals surface area contributed by atoms with Gasteiger partial charge in [0.1, 0.15) is 11.9 Å². The molecule has 2 N–H and O–H groups in total. The van der Waals surface area contributed by atoms with Crippen molar-refractivity contribution in [2.75, 3.05) is 6.54 Å². The third kappa shape index (κ3) is 8.09. The van der Waals surface area contributed by atoms with Crippen molar-refractivity contribution < 1.29 is 32.6 Å². The van der Waals surface area contributed by atoms with E-state index in [9.17, 15) is 22.8 Å². The van der Waals surface area contributed by atoms with Gasteiger partial charge in [0, 0.05) is 12.1 Å². The number of hydrogen-bond donors (Lipinski definition) is 2. The minimum Gasteiger partial charge on any atom is -0.486 e. The van der Waals surface area contributed by atoms with E-state index in [-0.39, 0.29) is 25.0 Å². The molecule has 1 saturated carbocycles. The highest BCUT2D eigenvalue weighted by Crippen LogP contribution is 2.36. The van der Waals surface area contributed by atoms with Crippen LogP contribution in [0.2, 0.25) is 0 Å². The summed E-state index contributed by atoms with van der Waals surface area (Å²) < 4.78 is 45.9. The average Bonchev–Trinajstić information content (AvgIpc) is 2.93. The molecule has 1 aliphatic rings. The number of carbonyl (C=O) groups excluding carboxylic acids is 1. The molecular weight excluding hydrogens is 507 g/mol. The number of amides is 1. The Morgan fingerprint density at radius 3 is 2.26 bits per heavy atom. The molecule has 1 amide bonds. The molecule has 8 heteroatoms. The van der Waals surface area contributed by atoms with Crippen LogP contribution in [0.1, 0.15) is 72.5 Å². The fourth-order valence-corrected chi connectivity index (χ4v) is 4.98. The van der Waals surface area contributed by atoms with Crippen molar-refractivity contribution in [3.63, 3.8) is 0 Å². The van der Waals surface area contributed by atoms with Gasteiger partial charge in [0.05, 0.1) is 12.0 Å². The first-order chi connectivity index (χ1) is 18.7. The predicted molar refractivity (Wildman–Crippen MR) is 142 cm³/mol. The lowest BCUT2D eigenvalue weighted by Crippen LogP contribution is -2.25. The van der Waals surface area contributed by atoms with Crippen LogP contribution in [-0.4, -0.2) is 23.5 Å². The second kappa shape index (κ2) is 12.8. The number of aliphatic carboxylic acids is 1. The highest BCUT2D eigenvalue weighted by molar-refractivity contribution is 5.94.